The summed E-state index contributed by atoms with van der Waals surface area (Å²) in [6.45, 7) is 3.20. The van der Waals surface area contributed by atoms with Gasteiger partial charge in [-0.25, -0.2) is 4.79 Å². The second-order valence-corrected chi connectivity index (χ2v) is 6.79. The fraction of sp³-hybridized carbons (Fsp3) is 0.412. The Hall–Kier alpha value is -2.61. The first-order chi connectivity index (χ1) is 12.6. The largest absolute Gasteiger partial charge is 0.420 e. The average molecular weight is 376 g/mol. The molecule has 1 aliphatic rings. The standard InChI is InChI=1S/C17H18ClN5O3/c1-2-15-20-19-10-23(15)12-5-6-21(8-12)16(24)9-22-13-4-3-11(18)7-14(13)26-17(22)25/h3-4,7,10,12H,2,5-6,8-9H2,1H3. The average Bonchev–Trinajstić information content (AvgIpc) is 3.33. The van der Waals surface area contributed by atoms with Crippen LogP contribution < -0.4 is 5.76 Å². The highest BCUT2D eigenvalue weighted by atomic mass is 35.5. The van der Waals surface area contributed by atoms with Gasteiger partial charge in [-0.1, -0.05) is 18.5 Å². The van der Waals surface area contributed by atoms with E-state index in [4.69, 9.17) is 16.0 Å². The second-order valence-electron chi connectivity index (χ2n) is 6.36. The van der Waals surface area contributed by atoms with Gasteiger partial charge in [0.15, 0.2) is 5.58 Å². The monoisotopic (exact) mass is 375 g/mol. The van der Waals surface area contributed by atoms with Crippen LogP contribution in [0.15, 0.2) is 33.7 Å². The van der Waals surface area contributed by atoms with Crippen molar-refractivity contribution in [1.29, 1.82) is 0 Å². The summed E-state index contributed by atoms with van der Waals surface area (Å²) in [5.41, 5.74) is 0.947. The van der Waals surface area contributed by atoms with Crippen molar-refractivity contribution < 1.29 is 9.21 Å². The van der Waals surface area contributed by atoms with Gasteiger partial charge in [-0.05, 0) is 18.6 Å². The molecule has 1 saturated heterocycles. The molecule has 1 unspecified atom stereocenters. The molecule has 1 aliphatic heterocycles. The van der Waals surface area contributed by atoms with Gasteiger partial charge in [-0.15, -0.1) is 10.2 Å². The Kier molecular flexibility index (Phi) is 4.28. The van der Waals surface area contributed by atoms with Gasteiger partial charge in [0.2, 0.25) is 5.91 Å². The maximum absolute atomic E-state index is 12.7. The minimum absolute atomic E-state index is 0.0526. The van der Waals surface area contributed by atoms with Crippen molar-refractivity contribution in [3.63, 3.8) is 0 Å². The molecular weight excluding hydrogens is 358 g/mol. The van der Waals surface area contributed by atoms with Gasteiger partial charge in [0.1, 0.15) is 18.7 Å². The number of hydrogen-bond acceptors (Lipinski definition) is 5. The van der Waals surface area contributed by atoms with E-state index in [1.54, 1.807) is 29.4 Å². The van der Waals surface area contributed by atoms with Crippen molar-refractivity contribution >= 4 is 28.6 Å². The third kappa shape index (κ3) is 2.90. The van der Waals surface area contributed by atoms with E-state index in [1.165, 1.54) is 4.57 Å². The number of carbonyl (C=O) groups excluding carboxylic acids is 1. The van der Waals surface area contributed by atoms with Crippen molar-refractivity contribution in [2.24, 2.45) is 0 Å². The Balaban J connectivity index is 1.51. The maximum Gasteiger partial charge on any atom is 0.420 e. The molecule has 3 heterocycles. The van der Waals surface area contributed by atoms with Gasteiger partial charge < -0.3 is 13.9 Å². The van der Waals surface area contributed by atoms with Crippen LogP contribution in [0.2, 0.25) is 5.02 Å². The molecule has 0 bridgehead atoms. The molecule has 9 heteroatoms. The van der Waals surface area contributed by atoms with E-state index in [0.29, 0.717) is 29.2 Å². The maximum atomic E-state index is 12.7. The molecule has 8 nitrogen and oxygen atoms in total. The first kappa shape index (κ1) is 16.8. The van der Waals surface area contributed by atoms with E-state index in [9.17, 15) is 9.59 Å². The molecule has 0 saturated carbocycles. The lowest BCUT2D eigenvalue weighted by Gasteiger charge is -2.17. The predicted molar refractivity (Wildman–Crippen MR) is 95.1 cm³/mol. The van der Waals surface area contributed by atoms with Crippen LogP contribution >= 0.6 is 11.6 Å². The lowest BCUT2D eigenvalue weighted by atomic mass is 10.2. The number of likely N-dealkylation sites (tertiary alicyclic amines) is 1. The van der Waals surface area contributed by atoms with Crippen LogP contribution in [0.1, 0.15) is 25.2 Å². The van der Waals surface area contributed by atoms with Crippen LogP contribution in [0, 0.1) is 0 Å². The summed E-state index contributed by atoms with van der Waals surface area (Å²) in [6, 6.07) is 5.10. The summed E-state index contributed by atoms with van der Waals surface area (Å²) in [6.07, 6.45) is 3.35. The molecule has 0 spiro atoms. The van der Waals surface area contributed by atoms with Gasteiger partial charge in [-0.2, -0.15) is 0 Å². The van der Waals surface area contributed by atoms with Crippen LogP contribution in [0.25, 0.3) is 11.1 Å². The number of halogens is 1. The number of amides is 1. The quantitative estimate of drug-likeness (QED) is 0.694. The number of aromatic nitrogens is 4. The van der Waals surface area contributed by atoms with Crippen LogP contribution in [-0.4, -0.2) is 43.2 Å². The summed E-state index contributed by atoms with van der Waals surface area (Å²) in [7, 11) is 0. The molecule has 1 fully saturated rings. The Morgan fingerprint density at radius 2 is 2.27 bits per heavy atom. The van der Waals surface area contributed by atoms with E-state index in [2.05, 4.69) is 10.2 Å². The molecule has 0 radical (unpaired) electrons. The molecule has 1 aromatic carbocycles. The molecule has 3 aromatic rings. The Labute approximate surface area is 154 Å². The minimum atomic E-state index is -0.557. The number of hydrogen-bond donors (Lipinski definition) is 0. The van der Waals surface area contributed by atoms with Crippen LogP contribution in [0.5, 0.6) is 0 Å². The highest BCUT2D eigenvalue weighted by molar-refractivity contribution is 6.31. The third-order valence-electron chi connectivity index (χ3n) is 4.80. The summed E-state index contributed by atoms with van der Waals surface area (Å²) < 4.78 is 8.57. The number of fused-ring (bicyclic) bond motifs is 1. The molecule has 136 valence electrons. The Bertz CT molecular complexity index is 1020. The number of aryl methyl sites for hydroxylation is 1. The SMILES string of the molecule is CCc1nncn1C1CCN(C(=O)Cn2c(=O)oc3cc(Cl)ccc32)C1. The number of nitrogens with zero attached hydrogens (tertiary/aromatic N) is 5. The summed E-state index contributed by atoms with van der Waals surface area (Å²) in [5, 5.41) is 8.55. The molecule has 4 rings (SSSR count). The first-order valence-electron chi connectivity index (χ1n) is 8.52. The van der Waals surface area contributed by atoms with Gasteiger partial charge in [0.25, 0.3) is 0 Å². The Morgan fingerprint density at radius 3 is 3.08 bits per heavy atom. The van der Waals surface area contributed by atoms with E-state index >= 15 is 0 Å². The molecule has 1 amide bonds. The smallest absolute Gasteiger partial charge is 0.408 e. The molecule has 2 aromatic heterocycles. The van der Waals surface area contributed by atoms with Gasteiger partial charge in [0, 0.05) is 30.6 Å². The lowest BCUT2D eigenvalue weighted by Crippen LogP contribution is -2.34. The highest BCUT2D eigenvalue weighted by Gasteiger charge is 2.29. The van der Waals surface area contributed by atoms with E-state index in [1.807, 2.05) is 11.5 Å². The fourth-order valence-corrected chi connectivity index (χ4v) is 3.61. The topological polar surface area (TPSA) is 86.2 Å². The molecular formula is C17H18ClN5O3. The van der Waals surface area contributed by atoms with Crippen molar-refractivity contribution in [3.8, 4) is 0 Å². The van der Waals surface area contributed by atoms with Gasteiger partial charge >= 0.3 is 5.76 Å². The molecule has 26 heavy (non-hydrogen) atoms. The van der Waals surface area contributed by atoms with E-state index in [-0.39, 0.29) is 18.5 Å². The molecule has 1 atom stereocenters. The summed E-state index contributed by atoms with van der Waals surface area (Å²) >= 11 is 5.92. The van der Waals surface area contributed by atoms with Gasteiger partial charge in [0.05, 0.1) is 11.6 Å². The molecule has 0 aliphatic carbocycles. The number of benzene rings is 1. The summed E-state index contributed by atoms with van der Waals surface area (Å²) in [5.74, 6) is 0.245. The lowest BCUT2D eigenvalue weighted by molar-refractivity contribution is -0.130. The third-order valence-corrected chi connectivity index (χ3v) is 5.03. The number of carbonyl (C=O) groups is 1. The van der Waals surface area contributed by atoms with Gasteiger partial charge in [-0.3, -0.25) is 9.36 Å². The predicted octanol–water partition coefficient (Wildman–Crippen LogP) is 1.88. The number of oxazole rings is 1. The van der Waals surface area contributed by atoms with E-state index in [0.717, 1.165) is 18.7 Å². The fourth-order valence-electron chi connectivity index (χ4n) is 3.45. The molecule has 0 N–H and O–H groups in total. The van der Waals surface area contributed by atoms with Crippen LogP contribution in [-0.2, 0) is 17.8 Å². The van der Waals surface area contributed by atoms with Crippen molar-refractivity contribution in [1.82, 2.24) is 24.2 Å². The van der Waals surface area contributed by atoms with Crippen molar-refractivity contribution in [2.75, 3.05) is 13.1 Å². The second kappa shape index (κ2) is 6.60. The number of rotatable bonds is 4. The zero-order valence-corrected chi connectivity index (χ0v) is 15.0. The first-order valence-corrected chi connectivity index (χ1v) is 8.89. The van der Waals surface area contributed by atoms with Crippen molar-refractivity contribution in [3.05, 3.63) is 45.9 Å². The minimum Gasteiger partial charge on any atom is -0.408 e. The summed E-state index contributed by atoms with van der Waals surface area (Å²) in [4.78, 5) is 26.6. The highest BCUT2D eigenvalue weighted by Crippen LogP contribution is 2.23. The zero-order chi connectivity index (χ0) is 18.3. The van der Waals surface area contributed by atoms with Crippen LogP contribution in [0.4, 0.5) is 0 Å². The van der Waals surface area contributed by atoms with Crippen molar-refractivity contribution in [2.45, 2.75) is 32.4 Å². The Morgan fingerprint density at radius 1 is 1.42 bits per heavy atom. The van der Waals surface area contributed by atoms with E-state index < -0.39 is 5.76 Å². The zero-order valence-electron chi connectivity index (χ0n) is 14.3. The normalized spacial score (nSPS) is 17.3. The van der Waals surface area contributed by atoms with Crippen LogP contribution in [0.3, 0.4) is 0 Å².